The lowest BCUT2D eigenvalue weighted by atomic mass is 10.0. The van der Waals surface area contributed by atoms with E-state index in [9.17, 15) is 18.5 Å². The molecule has 23 heavy (non-hydrogen) atoms. The second-order valence-corrected chi connectivity index (χ2v) is 7.64. The topological polar surface area (TPSA) is 80.5 Å². The molecule has 8 heteroatoms. The molecule has 2 aromatic rings. The zero-order chi connectivity index (χ0) is 16.8. The van der Waals surface area contributed by atoms with E-state index in [0.29, 0.717) is 12.2 Å². The summed E-state index contributed by atoms with van der Waals surface area (Å²) in [5, 5.41) is 10.9. The Kier molecular flexibility index (Phi) is 3.77. The molecule has 0 bridgehead atoms. The number of halogens is 1. The minimum absolute atomic E-state index is 0.0586. The molecule has 0 radical (unpaired) electrons. The minimum atomic E-state index is -3.89. The van der Waals surface area contributed by atoms with Gasteiger partial charge in [-0.1, -0.05) is 36.7 Å². The van der Waals surface area contributed by atoms with E-state index in [1.165, 1.54) is 16.4 Å². The van der Waals surface area contributed by atoms with Gasteiger partial charge in [-0.3, -0.25) is 14.4 Å². The second kappa shape index (κ2) is 5.50. The lowest BCUT2D eigenvalue weighted by Crippen LogP contribution is -2.29. The van der Waals surface area contributed by atoms with E-state index in [-0.39, 0.29) is 15.8 Å². The molecule has 0 saturated carbocycles. The van der Waals surface area contributed by atoms with Crippen LogP contribution in [0.5, 0.6) is 0 Å². The van der Waals surface area contributed by atoms with E-state index in [4.69, 9.17) is 11.6 Å². The first-order valence-corrected chi connectivity index (χ1v) is 8.70. The Labute approximate surface area is 138 Å². The van der Waals surface area contributed by atoms with E-state index in [2.05, 4.69) is 0 Å². The Hall–Kier alpha value is -2.12. The molecule has 1 heterocycles. The van der Waals surface area contributed by atoms with Crippen LogP contribution in [0.4, 0.5) is 11.4 Å². The number of hydrogen-bond acceptors (Lipinski definition) is 4. The van der Waals surface area contributed by atoms with Gasteiger partial charge in [-0.15, -0.1) is 0 Å². The summed E-state index contributed by atoms with van der Waals surface area (Å²) < 4.78 is 27.1. The molecule has 0 aromatic heterocycles. The summed E-state index contributed by atoms with van der Waals surface area (Å²) in [7, 11) is -3.89. The Morgan fingerprint density at radius 1 is 1.26 bits per heavy atom. The van der Waals surface area contributed by atoms with Crippen LogP contribution in [-0.2, 0) is 10.0 Å². The number of hydrogen-bond donors (Lipinski definition) is 0. The van der Waals surface area contributed by atoms with Crippen LogP contribution in [0.25, 0.3) is 0 Å². The molecule has 1 aliphatic heterocycles. The number of nitrogens with zero attached hydrogens (tertiary/aromatic N) is 2. The molecule has 0 amide bonds. The van der Waals surface area contributed by atoms with Crippen LogP contribution in [0.2, 0.25) is 5.02 Å². The molecule has 0 spiro atoms. The SMILES string of the molecule is CC1CN(S(=O)(=O)c2ccc(Cl)c([N+](=O)[O-])c2)c2ccccc21. The van der Waals surface area contributed by atoms with Gasteiger partial charge in [-0.2, -0.15) is 0 Å². The van der Waals surface area contributed by atoms with Gasteiger partial charge in [0, 0.05) is 18.5 Å². The molecule has 0 N–H and O–H groups in total. The van der Waals surface area contributed by atoms with Crippen molar-refractivity contribution in [3.05, 3.63) is 63.2 Å². The number of anilines is 1. The predicted octanol–water partition coefficient (Wildman–Crippen LogP) is 3.56. The Morgan fingerprint density at radius 3 is 2.65 bits per heavy atom. The zero-order valence-corrected chi connectivity index (χ0v) is 13.7. The van der Waals surface area contributed by atoms with Crippen molar-refractivity contribution in [3.63, 3.8) is 0 Å². The first kappa shape index (κ1) is 15.8. The van der Waals surface area contributed by atoms with Crippen molar-refractivity contribution < 1.29 is 13.3 Å². The Morgan fingerprint density at radius 2 is 1.96 bits per heavy atom. The number of fused-ring (bicyclic) bond motifs is 1. The van der Waals surface area contributed by atoms with Crippen LogP contribution >= 0.6 is 11.6 Å². The van der Waals surface area contributed by atoms with E-state index in [1.54, 1.807) is 12.1 Å². The highest BCUT2D eigenvalue weighted by Crippen LogP contribution is 2.39. The van der Waals surface area contributed by atoms with Crippen molar-refractivity contribution in [1.82, 2.24) is 0 Å². The van der Waals surface area contributed by atoms with Crippen molar-refractivity contribution in [2.75, 3.05) is 10.8 Å². The summed E-state index contributed by atoms with van der Waals surface area (Å²) in [6.45, 7) is 2.25. The third kappa shape index (κ3) is 2.55. The van der Waals surface area contributed by atoms with Crippen LogP contribution in [0, 0.1) is 10.1 Å². The number of benzene rings is 2. The zero-order valence-electron chi connectivity index (χ0n) is 12.1. The summed E-state index contributed by atoms with van der Waals surface area (Å²) in [4.78, 5) is 10.2. The molecular formula is C15H13ClN2O4S. The average molecular weight is 353 g/mol. The van der Waals surface area contributed by atoms with E-state index >= 15 is 0 Å². The highest BCUT2D eigenvalue weighted by Gasteiger charge is 2.35. The molecule has 6 nitrogen and oxygen atoms in total. The molecule has 3 rings (SSSR count). The fourth-order valence-corrected chi connectivity index (χ4v) is 4.51. The molecule has 0 fully saturated rings. The molecule has 1 unspecified atom stereocenters. The maximum Gasteiger partial charge on any atom is 0.289 e. The molecule has 2 aromatic carbocycles. The van der Waals surface area contributed by atoms with Crippen LogP contribution < -0.4 is 4.31 Å². The molecule has 1 atom stereocenters. The van der Waals surface area contributed by atoms with E-state index in [1.807, 2.05) is 19.1 Å². The van der Waals surface area contributed by atoms with Gasteiger partial charge in [0.2, 0.25) is 0 Å². The van der Waals surface area contributed by atoms with Crippen LogP contribution in [0.1, 0.15) is 18.4 Å². The van der Waals surface area contributed by atoms with E-state index < -0.39 is 20.6 Å². The predicted molar refractivity (Wildman–Crippen MR) is 87.5 cm³/mol. The second-order valence-electron chi connectivity index (χ2n) is 5.37. The maximum absolute atomic E-state index is 12.9. The first-order valence-electron chi connectivity index (χ1n) is 6.88. The fraction of sp³-hybridized carbons (Fsp3) is 0.200. The van der Waals surface area contributed by atoms with Crippen molar-refractivity contribution >= 4 is 33.0 Å². The summed E-state index contributed by atoms with van der Waals surface area (Å²) in [6, 6.07) is 10.8. The average Bonchev–Trinajstić information content (AvgIpc) is 2.85. The van der Waals surface area contributed by atoms with Gasteiger partial charge in [0.25, 0.3) is 15.7 Å². The minimum Gasteiger partial charge on any atom is -0.265 e. The van der Waals surface area contributed by atoms with Crippen LogP contribution in [0.15, 0.2) is 47.4 Å². The highest BCUT2D eigenvalue weighted by atomic mass is 35.5. The lowest BCUT2D eigenvalue weighted by Gasteiger charge is -2.19. The van der Waals surface area contributed by atoms with Gasteiger partial charge in [0.1, 0.15) is 5.02 Å². The standard InChI is InChI=1S/C15H13ClN2O4S/c1-10-9-17(14-5-3-2-4-12(10)14)23(21,22)11-6-7-13(16)15(8-11)18(19)20/h2-8,10H,9H2,1H3. The number of sulfonamides is 1. The highest BCUT2D eigenvalue weighted by molar-refractivity contribution is 7.92. The smallest absolute Gasteiger partial charge is 0.265 e. The third-order valence-electron chi connectivity index (χ3n) is 3.88. The van der Waals surface area contributed by atoms with Crippen molar-refractivity contribution in [2.45, 2.75) is 17.7 Å². The van der Waals surface area contributed by atoms with Crippen molar-refractivity contribution in [2.24, 2.45) is 0 Å². The Bertz CT molecular complexity index is 898. The summed E-state index contributed by atoms with van der Waals surface area (Å²) in [5.41, 5.74) is 1.13. The van der Waals surface area contributed by atoms with Gasteiger partial charge >= 0.3 is 0 Å². The van der Waals surface area contributed by atoms with Gasteiger partial charge < -0.3 is 0 Å². The fourth-order valence-electron chi connectivity index (χ4n) is 2.72. The van der Waals surface area contributed by atoms with Crippen LogP contribution in [-0.4, -0.2) is 19.9 Å². The van der Waals surface area contributed by atoms with Gasteiger partial charge in [-0.25, -0.2) is 8.42 Å². The van der Waals surface area contributed by atoms with E-state index in [0.717, 1.165) is 11.6 Å². The normalized spacial score (nSPS) is 17.1. The lowest BCUT2D eigenvalue weighted by molar-refractivity contribution is -0.384. The van der Waals surface area contributed by atoms with Gasteiger partial charge in [-0.05, 0) is 23.8 Å². The molecular weight excluding hydrogens is 340 g/mol. The number of nitro groups is 1. The molecule has 0 aliphatic carbocycles. The number of nitro benzene ring substituents is 1. The molecule has 120 valence electrons. The first-order chi connectivity index (χ1) is 10.8. The van der Waals surface area contributed by atoms with Crippen LogP contribution in [0.3, 0.4) is 0 Å². The van der Waals surface area contributed by atoms with Gasteiger partial charge in [0.15, 0.2) is 0 Å². The van der Waals surface area contributed by atoms with Gasteiger partial charge in [0.05, 0.1) is 15.5 Å². The van der Waals surface area contributed by atoms with Crippen molar-refractivity contribution in [1.29, 1.82) is 0 Å². The maximum atomic E-state index is 12.9. The monoisotopic (exact) mass is 352 g/mol. The Balaban J connectivity index is 2.11. The van der Waals surface area contributed by atoms with Crippen molar-refractivity contribution in [3.8, 4) is 0 Å². The largest absolute Gasteiger partial charge is 0.289 e. The summed E-state index contributed by atoms with van der Waals surface area (Å²) in [5.74, 6) is 0.0586. The quantitative estimate of drug-likeness (QED) is 0.624. The third-order valence-corrected chi connectivity index (χ3v) is 5.97. The summed E-state index contributed by atoms with van der Waals surface area (Å²) in [6.07, 6.45) is 0. The molecule has 0 saturated heterocycles. The number of para-hydroxylation sites is 1. The number of rotatable bonds is 3. The molecule has 1 aliphatic rings. The summed E-state index contributed by atoms with van der Waals surface area (Å²) >= 11 is 5.76.